The normalized spacial score (nSPS) is 15.0. The van der Waals surface area contributed by atoms with Crippen molar-refractivity contribution in [1.29, 1.82) is 0 Å². The van der Waals surface area contributed by atoms with E-state index in [1.165, 1.54) is 13.8 Å². The number of Topliss-reactive ketones (excluding diaryl/α,β-unsaturated/α-hetero) is 2. The molecule has 158 valence electrons. The van der Waals surface area contributed by atoms with Crippen molar-refractivity contribution in [2.75, 3.05) is 6.61 Å². The fraction of sp³-hybridized carbons (Fsp3) is 0.824. The fourth-order valence-electron chi connectivity index (χ4n) is 2.13. The highest BCUT2D eigenvalue weighted by molar-refractivity contribution is 7.84. The highest BCUT2D eigenvalue weighted by atomic mass is 32.2. The average molecular weight is 409 g/mol. The lowest BCUT2D eigenvalue weighted by Crippen LogP contribution is -2.54. The topological polar surface area (TPSA) is 128 Å². The van der Waals surface area contributed by atoms with Crippen LogP contribution in [-0.2, 0) is 28.8 Å². The Bertz CT molecular complexity index is 651. The second-order valence-electron chi connectivity index (χ2n) is 8.02. The van der Waals surface area contributed by atoms with Crippen molar-refractivity contribution in [1.82, 2.24) is 10.0 Å². The summed E-state index contributed by atoms with van der Waals surface area (Å²) in [5.41, 5.74) is -1.74. The molecule has 0 aromatic rings. The van der Waals surface area contributed by atoms with Gasteiger partial charge >= 0.3 is 16.4 Å². The highest BCUT2D eigenvalue weighted by Gasteiger charge is 2.32. The van der Waals surface area contributed by atoms with Crippen molar-refractivity contribution in [3.63, 3.8) is 0 Å². The van der Waals surface area contributed by atoms with Crippen molar-refractivity contribution in [3.05, 3.63) is 0 Å². The van der Waals surface area contributed by atoms with Crippen molar-refractivity contribution in [2.45, 2.75) is 79.5 Å². The molecule has 1 amide bonds. The lowest BCUT2D eigenvalue weighted by molar-refractivity contribution is -0.128. The molecule has 0 spiro atoms. The monoisotopic (exact) mass is 408 g/mol. The van der Waals surface area contributed by atoms with Gasteiger partial charge in [-0.15, -0.1) is 0 Å². The summed E-state index contributed by atoms with van der Waals surface area (Å²) in [5, 5.41) is 2.35. The summed E-state index contributed by atoms with van der Waals surface area (Å²) in [6.45, 7) is 12.1. The zero-order chi connectivity index (χ0) is 21.6. The molecule has 0 aromatic carbocycles. The molecule has 0 heterocycles. The summed E-state index contributed by atoms with van der Waals surface area (Å²) in [6, 6.07) is -2.14. The van der Waals surface area contributed by atoms with Gasteiger partial charge in [0.15, 0.2) is 5.78 Å². The molecule has 0 aliphatic carbocycles. The van der Waals surface area contributed by atoms with Crippen LogP contribution in [0.15, 0.2) is 0 Å². The van der Waals surface area contributed by atoms with Gasteiger partial charge in [0.2, 0.25) is 0 Å². The van der Waals surface area contributed by atoms with Gasteiger partial charge in [0.25, 0.3) is 0 Å². The van der Waals surface area contributed by atoms with Crippen LogP contribution < -0.4 is 10.0 Å². The zero-order valence-electron chi connectivity index (χ0n) is 17.3. The number of rotatable bonds is 10. The molecule has 0 unspecified atom stereocenters. The standard InChI is InChI=1S/C17H32N2O7S/c1-9-13(21)17(7,8)10-25-27(23,24)19-11(2)14(12(3)20)18-15(22)26-16(4,5)6/h11,14,19H,9-10H2,1-8H3,(H,18,22)/t11-,14-/m1/s1. The first-order valence-electron chi connectivity index (χ1n) is 8.70. The Morgan fingerprint density at radius 3 is 2.00 bits per heavy atom. The average Bonchev–Trinajstić information content (AvgIpc) is 2.47. The van der Waals surface area contributed by atoms with Crippen LogP contribution in [-0.4, -0.2) is 50.4 Å². The van der Waals surface area contributed by atoms with Gasteiger partial charge < -0.3 is 10.1 Å². The van der Waals surface area contributed by atoms with Crippen LogP contribution in [0.25, 0.3) is 0 Å². The molecule has 0 radical (unpaired) electrons. The Labute approximate surface area is 161 Å². The minimum atomic E-state index is -4.25. The molecule has 2 atom stereocenters. The van der Waals surface area contributed by atoms with E-state index in [1.54, 1.807) is 41.5 Å². The van der Waals surface area contributed by atoms with E-state index in [0.29, 0.717) is 0 Å². The van der Waals surface area contributed by atoms with Gasteiger partial charge in [-0.3, -0.25) is 13.8 Å². The zero-order valence-corrected chi connectivity index (χ0v) is 18.2. The van der Waals surface area contributed by atoms with Crippen LogP contribution in [0.5, 0.6) is 0 Å². The first kappa shape index (κ1) is 25.5. The molecule has 0 bridgehead atoms. The molecule has 0 saturated carbocycles. The molecule has 10 heteroatoms. The summed E-state index contributed by atoms with van der Waals surface area (Å²) >= 11 is 0. The van der Waals surface area contributed by atoms with Crippen LogP contribution in [0.3, 0.4) is 0 Å². The third-order valence-electron chi connectivity index (χ3n) is 3.59. The Hall–Kier alpha value is -1.52. The Balaban J connectivity index is 5.01. The summed E-state index contributed by atoms with van der Waals surface area (Å²) < 4.78 is 36.4. The lowest BCUT2D eigenvalue weighted by Gasteiger charge is -2.27. The summed E-state index contributed by atoms with van der Waals surface area (Å²) in [5.74, 6) is -0.600. The molecule has 9 nitrogen and oxygen atoms in total. The second kappa shape index (κ2) is 9.61. The van der Waals surface area contributed by atoms with E-state index in [1.807, 2.05) is 0 Å². The summed E-state index contributed by atoms with van der Waals surface area (Å²) in [7, 11) is -4.25. The molecular weight excluding hydrogens is 376 g/mol. The highest BCUT2D eigenvalue weighted by Crippen LogP contribution is 2.19. The Morgan fingerprint density at radius 1 is 1.07 bits per heavy atom. The predicted molar refractivity (Wildman–Crippen MR) is 100 cm³/mol. The number of ether oxygens (including phenoxy) is 1. The predicted octanol–water partition coefficient (Wildman–Crippen LogP) is 1.71. The number of ketones is 2. The maximum Gasteiger partial charge on any atom is 0.408 e. The van der Waals surface area contributed by atoms with Gasteiger partial charge in [-0.1, -0.05) is 20.8 Å². The van der Waals surface area contributed by atoms with E-state index >= 15 is 0 Å². The molecular formula is C17H32N2O7S. The number of carbonyl (C=O) groups excluding carboxylic acids is 3. The molecule has 0 fully saturated rings. The lowest BCUT2D eigenvalue weighted by atomic mass is 9.88. The maximum absolute atomic E-state index is 12.1. The van der Waals surface area contributed by atoms with E-state index in [2.05, 4.69) is 10.0 Å². The minimum Gasteiger partial charge on any atom is -0.444 e. The van der Waals surface area contributed by atoms with Crippen LogP contribution in [0.2, 0.25) is 0 Å². The summed E-state index contributed by atoms with van der Waals surface area (Å²) in [4.78, 5) is 35.5. The molecule has 27 heavy (non-hydrogen) atoms. The Kier molecular flexibility index (Phi) is 9.07. The van der Waals surface area contributed by atoms with Gasteiger partial charge in [0, 0.05) is 17.9 Å². The largest absolute Gasteiger partial charge is 0.444 e. The van der Waals surface area contributed by atoms with Gasteiger partial charge in [-0.2, -0.15) is 13.1 Å². The molecule has 2 N–H and O–H groups in total. The third-order valence-corrected chi connectivity index (χ3v) is 4.68. The Morgan fingerprint density at radius 2 is 1.59 bits per heavy atom. The number of hydrogen-bond acceptors (Lipinski definition) is 7. The second-order valence-corrected chi connectivity index (χ2v) is 9.40. The van der Waals surface area contributed by atoms with Crippen LogP contribution in [0.1, 0.15) is 61.8 Å². The van der Waals surface area contributed by atoms with Gasteiger partial charge in [0.1, 0.15) is 17.4 Å². The van der Waals surface area contributed by atoms with E-state index in [9.17, 15) is 22.8 Å². The first-order valence-corrected chi connectivity index (χ1v) is 10.1. The number of hydrogen-bond donors (Lipinski definition) is 2. The molecule has 0 aliphatic heterocycles. The van der Waals surface area contributed by atoms with Crippen molar-refractivity contribution in [2.24, 2.45) is 5.41 Å². The van der Waals surface area contributed by atoms with Crippen molar-refractivity contribution >= 4 is 28.0 Å². The van der Waals surface area contributed by atoms with Crippen LogP contribution in [0.4, 0.5) is 4.79 Å². The van der Waals surface area contributed by atoms with Crippen molar-refractivity contribution < 1.29 is 31.7 Å². The first-order chi connectivity index (χ1) is 12.0. The fourth-order valence-corrected chi connectivity index (χ4v) is 3.24. The van der Waals surface area contributed by atoms with Gasteiger partial charge in [0.05, 0.1) is 6.61 Å². The quantitative estimate of drug-likeness (QED) is 0.563. The van der Waals surface area contributed by atoms with Crippen molar-refractivity contribution in [3.8, 4) is 0 Å². The van der Waals surface area contributed by atoms with E-state index in [4.69, 9.17) is 8.92 Å². The maximum atomic E-state index is 12.1. The molecule has 0 rings (SSSR count). The van der Waals surface area contributed by atoms with E-state index < -0.39 is 45.3 Å². The number of amides is 1. The SMILES string of the molecule is CCC(=O)C(C)(C)COS(=O)(=O)N[C@H](C)[C@@H](NC(=O)OC(C)(C)C)C(C)=O. The third kappa shape index (κ3) is 9.83. The summed E-state index contributed by atoms with van der Waals surface area (Å²) in [6.07, 6.45) is -0.587. The molecule has 0 aromatic heterocycles. The van der Waals surface area contributed by atoms with Crippen LogP contribution in [0, 0.1) is 5.41 Å². The smallest absolute Gasteiger partial charge is 0.408 e. The molecule has 0 saturated heterocycles. The van der Waals surface area contributed by atoms with Crippen LogP contribution >= 0.6 is 0 Å². The van der Waals surface area contributed by atoms with Gasteiger partial charge in [-0.25, -0.2) is 4.79 Å². The van der Waals surface area contributed by atoms with E-state index in [0.717, 1.165) is 0 Å². The number of carbonyl (C=O) groups is 3. The van der Waals surface area contributed by atoms with Gasteiger partial charge in [-0.05, 0) is 34.6 Å². The minimum absolute atomic E-state index is 0.140. The number of nitrogens with one attached hydrogen (secondary N) is 2. The molecule has 0 aliphatic rings. The van der Waals surface area contributed by atoms with E-state index in [-0.39, 0.29) is 18.8 Å². The number of alkyl carbamates (subject to hydrolysis) is 1.